The highest BCUT2D eigenvalue weighted by atomic mass is 16.1. The van der Waals surface area contributed by atoms with Gasteiger partial charge in [-0.15, -0.1) is 0 Å². The molecule has 3 N–H and O–H groups in total. The molecule has 1 heterocycles. The van der Waals surface area contributed by atoms with Gasteiger partial charge in [-0.25, -0.2) is 0 Å². The summed E-state index contributed by atoms with van der Waals surface area (Å²) in [6.07, 6.45) is 6.74. The molecular formula is C12H20N4O. The summed E-state index contributed by atoms with van der Waals surface area (Å²) < 4.78 is 1.84. The molecule has 2 rings (SSSR count). The minimum absolute atomic E-state index is 0.00866. The lowest BCUT2D eigenvalue weighted by atomic mass is 10.0. The molecule has 5 heteroatoms. The highest BCUT2D eigenvalue weighted by Crippen LogP contribution is 2.23. The van der Waals surface area contributed by atoms with Gasteiger partial charge in [0.15, 0.2) is 0 Å². The third-order valence-electron chi connectivity index (χ3n) is 3.31. The standard InChI is InChI=1S/C12H20N4O/c1-9-7-15-16(8-9)6-5-14-12(17)10-3-2-4-11(10)13/h7-8,10-11H,2-6,13H2,1H3,(H,14,17). The van der Waals surface area contributed by atoms with Crippen molar-refractivity contribution in [3.63, 3.8) is 0 Å². The quantitative estimate of drug-likeness (QED) is 0.796. The Hall–Kier alpha value is -1.36. The zero-order valence-electron chi connectivity index (χ0n) is 10.2. The van der Waals surface area contributed by atoms with Crippen LogP contribution in [0.1, 0.15) is 24.8 Å². The Kier molecular flexibility index (Phi) is 3.78. The van der Waals surface area contributed by atoms with Crippen molar-refractivity contribution in [1.29, 1.82) is 0 Å². The Morgan fingerprint density at radius 2 is 2.47 bits per heavy atom. The van der Waals surface area contributed by atoms with E-state index in [0.717, 1.165) is 24.8 Å². The minimum Gasteiger partial charge on any atom is -0.354 e. The molecule has 5 nitrogen and oxygen atoms in total. The van der Waals surface area contributed by atoms with Gasteiger partial charge >= 0.3 is 0 Å². The normalized spacial score (nSPS) is 23.9. The number of rotatable bonds is 4. The third-order valence-corrected chi connectivity index (χ3v) is 3.31. The molecule has 1 saturated carbocycles. The molecule has 1 aromatic heterocycles. The summed E-state index contributed by atoms with van der Waals surface area (Å²) in [6.45, 7) is 3.32. The van der Waals surface area contributed by atoms with E-state index in [1.54, 1.807) is 0 Å². The van der Waals surface area contributed by atoms with Crippen LogP contribution >= 0.6 is 0 Å². The van der Waals surface area contributed by atoms with Crippen LogP contribution in [-0.2, 0) is 11.3 Å². The van der Waals surface area contributed by atoms with Crippen molar-refractivity contribution >= 4 is 5.91 Å². The number of aromatic nitrogens is 2. The summed E-state index contributed by atoms with van der Waals surface area (Å²) in [5.74, 6) is 0.105. The van der Waals surface area contributed by atoms with Crippen LogP contribution in [0.2, 0.25) is 0 Å². The van der Waals surface area contributed by atoms with Crippen molar-refractivity contribution in [2.75, 3.05) is 6.54 Å². The Morgan fingerprint density at radius 1 is 1.65 bits per heavy atom. The second-order valence-corrected chi connectivity index (χ2v) is 4.77. The molecule has 0 spiro atoms. The SMILES string of the molecule is Cc1cnn(CCNC(=O)C2CCCC2N)c1. The fraction of sp³-hybridized carbons (Fsp3) is 0.667. The summed E-state index contributed by atoms with van der Waals surface area (Å²) >= 11 is 0. The number of amides is 1. The summed E-state index contributed by atoms with van der Waals surface area (Å²) in [6, 6.07) is 0.0435. The molecule has 1 aromatic rings. The van der Waals surface area contributed by atoms with Gasteiger partial charge in [0.25, 0.3) is 0 Å². The molecular weight excluding hydrogens is 216 g/mol. The molecule has 1 amide bonds. The van der Waals surface area contributed by atoms with Crippen molar-refractivity contribution in [2.45, 2.75) is 38.8 Å². The van der Waals surface area contributed by atoms with E-state index >= 15 is 0 Å². The minimum atomic E-state index is 0.00866. The number of hydrogen-bond acceptors (Lipinski definition) is 3. The second kappa shape index (κ2) is 5.31. The molecule has 2 unspecified atom stereocenters. The average Bonchev–Trinajstić information content (AvgIpc) is 2.87. The Bertz CT molecular complexity index is 388. The third kappa shape index (κ3) is 3.06. The highest BCUT2D eigenvalue weighted by molar-refractivity contribution is 5.79. The molecule has 0 aromatic carbocycles. The van der Waals surface area contributed by atoms with Crippen LogP contribution in [0, 0.1) is 12.8 Å². The van der Waals surface area contributed by atoms with Crippen molar-refractivity contribution < 1.29 is 4.79 Å². The van der Waals surface area contributed by atoms with Gasteiger partial charge in [-0.05, 0) is 25.3 Å². The average molecular weight is 236 g/mol. The van der Waals surface area contributed by atoms with E-state index in [1.807, 2.05) is 24.0 Å². The van der Waals surface area contributed by atoms with Gasteiger partial charge in [-0.2, -0.15) is 5.10 Å². The number of hydrogen-bond donors (Lipinski definition) is 2. The molecule has 0 saturated heterocycles. The summed E-state index contributed by atoms with van der Waals surface area (Å²) in [7, 11) is 0. The second-order valence-electron chi connectivity index (χ2n) is 4.77. The lowest BCUT2D eigenvalue weighted by Gasteiger charge is -2.14. The van der Waals surface area contributed by atoms with E-state index in [2.05, 4.69) is 10.4 Å². The van der Waals surface area contributed by atoms with E-state index < -0.39 is 0 Å². The Labute approximate surface area is 101 Å². The molecule has 0 aliphatic heterocycles. The van der Waals surface area contributed by atoms with Crippen LogP contribution in [0.5, 0.6) is 0 Å². The number of aryl methyl sites for hydroxylation is 1. The maximum atomic E-state index is 11.8. The van der Waals surface area contributed by atoms with Crippen molar-refractivity contribution in [3.8, 4) is 0 Å². The van der Waals surface area contributed by atoms with Gasteiger partial charge in [-0.1, -0.05) is 6.42 Å². The van der Waals surface area contributed by atoms with Gasteiger partial charge in [0, 0.05) is 18.8 Å². The van der Waals surface area contributed by atoms with E-state index in [9.17, 15) is 4.79 Å². The van der Waals surface area contributed by atoms with Crippen LogP contribution in [0.4, 0.5) is 0 Å². The fourth-order valence-corrected chi connectivity index (χ4v) is 2.33. The number of nitrogens with one attached hydrogen (secondary N) is 1. The van der Waals surface area contributed by atoms with Gasteiger partial charge in [0.05, 0.1) is 18.7 Å². The van der Waals surface area contributed by atoms with Crippen molar-refractivity contribution in [1.82, 2.24) is 15.1 Å². The first kappa shape index (κ1) is 12.1. The largest absolute Gasteiger partial charge is 0.354 e. The molecule has 0 bridgehead atoms. The molecule has 1 aliphatic carbocycles. The predicted octanol–water partition coefficient (Wildman–Crippen LogP) is 0.435. The van der Waals surface area contributed by atoms with Crippen LogP contribution < -0.4 is 11.1 Å². The molecule has 17 heavy (non-hydrogen) atoms. The summed E-state index contributed by atoms with van der Waals surface area (Å²) in [4.78, 5) is 11.8. The van der Waals surface area contributed by atoms with E-state index in [1.165, 1.54) is 0 Å². The number of nitrogens with two attached hydrogens (primary N) is 1. The molecule has 2 atom stereocenters. The van der Waals surface area contributed by atoms with Crippen molar-refractivity contribution in [3.05, 3.63) is 18.0 Å². The van der Waals surface area contributed by atoms with Gasteiger partial charge < -0.3 is 11.1 Å². The topological polar surface area (TPSA) is 72.9 Å². The maximum Gasteiger partial charge on any atom is 0.224 e. The summed E-state index contributed by atoms with van der Waals surface area (Å²) in [5.41, 5.74) is 7.02. The first-order chi connectivity index (χ1) is 8.16. The Morgan fingerprint density at radius 3 is 3.06 bits per heavy atom. The van der Waals surface area contributed by atoms with E-state index in [-0.39, 0.29) is 17.9 Å². The smallest absolute Gasteiger partial charge is 0.224 e. The first-order valence-electron chi connectivity index (χ1n) is 6.19. The van der Waals surface area contributed by atoms with Crippen LogP contribution in [0.25, 0.3) is 0 Å². The van der Waals surface area contributed by atoms with Gasteiger partial charge in [0.1, 0.15) is 0 Å². The van der Waals surface area contributed by atoms with Crippen LogP contribution in [0.15, 0.2) is 12.4 Å². The Balaban J connectivity index is 1.73. The fourth-order valence-electron chi connectivity index (χ4n) is 2.33. The molecule has 1 fully saturated rings. The molecule has 94 valence electrons. The highest BCUT2D eigenvalue weighted by Gasteiger charge is 2.29. The number of nitrogens with zero attached hydrogens (tertiary/aromatic N) is 2. The zero-order chi connectivity index (χ0) is 12.3. The zero-order valence-corrected chi connectivity index (χ0v) is 10.2. The predicted molar refractivity (Wildman–Crippen MR) is 65.3 cm³/mol. The van der Waals surface area contributed by atoms with Crippen LogP contribution in [0.3, 0.4) is 0 Å². The lowest BCUT2D eigenvalue weighted by Crippen LogP contribution is -2.39. The molecule has 1 aliphatic rings. The summed E-state index contributed by atoms with van der Waals surface area (Å²) in [5, 5.41) is 7.10. The monoisotopic (exact) mass is 236 g/mol. The van der Waals surface area contributed by atoms with Gasteiger partial charge in [-0.3, -0.25) is 9.48 Å². The number of carbonyl (C=O) groups is 1. The molecule has 0 radical (unpaired) electrons. The maximum absolute atomic E-state index is 11.8. The van der Waals surface area contributed by atoms with E-state index in [4.69, 9.17) is 5.73 Å². The van der Waals surface area contributed by atoms with E-state index in [0.29, 0.717) is 13.1 Å². The van der Waals surface area contributed by atoms with Crippen molar-refractivity contribution in [2.24, 2.45) is 11.7 Å². The number of carbonyl (C=O) groups excluding carboxylic acids is 1. The van der Waals surface area contributed by atoms with Gasteiger partial charge in [0.2, 0.25) is 5.91 Å². The lowest BCUT2D eigenvalue weighted by molar-refractivity contribution is -0.125. The van der Waals surface area contributed by atoms with Crippen LogP contribution in [-0.4, -0.2) is 28.3 Å². The first-order valence-corrected chi connectivity index (χ1v) is 6.19.